The van der Waals surface area contributed by atoms with Crippen molar-refractivity contribution in [3.8, 4) is 0 Å². The molecular formula is C14H20N4OS. The number of fused-ring (bicyclic) bond motifs is 5. The van der Waals surface area contributed by atoms with E-state index in [0.717, 1.165) is 13.1 Å². The van der Waals surface area contributed by atoms with E-state index in [1.54, 1.807) is 30.0 Å². The Hall–Kier alpha value is -1.01. The summed E-state index contributed by atoms with van der Waals surface area (Å²) >= 11 is 1.78. The third kappa shape index (κ3) is 1.97. The molecule has 0 saturated carbocycles. The molecule has 3 saturated heterocycles. The summed E-state index contributed by atoms with van der Waals surface area (Å²) in [5.41, 5.74) is 0. The first-order valence-corrected chi connectivity index (χ1v) is 8.28. The van der Waals surface area contributed by atoms with Crippen molar-refractivity contribution >= 4 is 24.0 Å². The number of hydrogen-bond donors (Lipinski definition) is 0. The zero-order valence-corrected chi connectivity index (χ0v) is 12.6. The second kappa shape index (κ2) is 4.77. The molecular weight excluding hydrogens is 272 g/mol. The smallest absolute Gasteiger partial charge is 0.237 e. The summed E-state index contributed by atoms with van der Waals surface area (Å²) in [4.78, 5) is 23.4. The summed E-state index contributed by atoms with van der Waals surface area (Å²) in [6.45, 7) is 4.70. The van der Waals surface area contributed by atoms with Gasteiger partial charge in [0, 0.05) is 39.3 Å². The van der Waals surface area contributed by atoms with Gasteiger partial charge in [0.25, 0.3) is 0 Å². The highest BCUT2D eigenvalue weighted by molar-refractivity contribution is 8.03. The van der Waals surface area contributed by atoms with E-state index in [4.69, 9.17) is 0 Å². The van der Waals surface area contributed by atoms with Crippen molar-refractivity contribution in [2.24, 2.45) is 10.9 Å². The molecule has 2 atom stereocenters. The van der Waals surface area contributed by atoms with Gasteiger partial charge in [-0.1, -0.05) is 11.8 Å². The average Bonchev–Trinajstić information content (AvgIpc) is 2.67. The van der Waals surface area contributed by atoms with Crippen molar-refractivity contribution < 1.29 is 4.79 Å². The Bertz CT molecular complexity index is 484. The number of carbonyl (C=O) groups is 1. The quantitative estimate of drug-likeness (QED) is 0.716. The van der Waals surface area contributed by atoms with Gasteiger partial charge in [0.15, 0.2) is 0 Å². The molecule has 6 heteroatoms. The topological polar surface area (TPSA) is 39.1 Å². The van der Waals surface area contributed by atoms with Gasteiger partial charge in [-0.05, 0) is 18.9 Å². The van der Waals surface area contributed by atoms with Crippen molar-refractivity contribution in [2.75, 3.05) is 33.2 Å². The predicted molar refractivity (Wildman–Crippen MR) is 80.4 cm³/mol. The Morgan fingerprint density at radius 2 is 2.05 bits per heavy atom. The number of thioether (sulfide) groups is 1. The van der Waals surface area contributed by atoms with Crippen LogP contribution in [-0.2, 0) is 4.79 Å². The fraction of sp³-hybridized carbons (Fsp3) is 0.714. The van der Waals surface area contributed by atoms with E-state index in [0.29, 0.717) is 6.04 Å². The highest BCUT2D eigenvalue weighted by Gasteiger charge is 2.41. The molecule has 5 aliphatic heterocycles. The summed E-state index contributed by atoms with van der Waals surface area (Å²) in [5, 5.41) is 1.35. The second-order valence-electron chi connectivity index (χ2n) is 6.02. The monoisotopic (exact) mass is 292 g/mol. The predicted octanol–water partition coefficient (Wildman–Crippen LogP) is 0.797. The normalized spacial score (nSPS) is 39.9. The minimum Gasteiger partial charge on any atom is -0.362 e. The molecule has 1 amide bonds. The zero-order chi connectivity index (χ0) is 13.7. The van der Waals surface area contributed by atoms with Gasteiger partial charge in [-0.3, -0.25) is 9.79 Å². The summed E-state index contributed by atoms with van der Waals surface area (Å²) in [6.07, 6.45) is 6.35. The number of nitrogens with zero attached hydrogens (tertiary/aromatic N) is 4. The van der Waals surface area contributed by atoms with Gasteiger partial charge >= 0.3 is 0 Å². The Morgan fingerprint density at radius 3 is 2.85 bits per heavy atom. The van der Waals surface area contributed by atoms with Crippen molar-refractivity contribution in [2.45, 2.75) is 24.3 Å². The van der Waals surface area contributed by atoms with Gasteiger partial charge in [-0.15, -0.1) is 0 Å². The Balaban J connectivity index is 1.58. The minimum atomic E-state index is -0.0641. The molecule has 20 heavy (non-hydrogen) atoms. The molecule has 3 fully saturated rings. The van der Waals surface area contributed by atoms with Gasteiger partial charge in [0.1, 0.15) is 5.37 Å². The van der Waals surface area contributed by atoms with Crippen molar-refractivity contribution in [3.63, 3.8) is 0 Å². The molecule has 5 aliphatic rings. The van der Waals surface area contributed by atoms with Crippen LogP contribution in [0.1, 0.15) is 12.8 Å². The molecule has 0 aliphatic carbocycles. The van der Waals surface area contributed by atoms with Crippen LogP contribution in [0.5, 0.6) is 0 Å². The lowest BCUT2D eigenvalue weighted by Gasteiger charge is -2.33. The van der Waals surface area contributed by atoms with E-state index in [-0.39, 0.29) is 17.2 Å². The molecule has 108 valence electrons. The van der Waals surface area contributed by atoms with E-state index >= 15 is 0 Å². The van der Waals surface area contributed by atoms with Crippen LogP contribution in [0.3, 0.4) is 0 Å². The van der Waals surface area contributed by atoms with Gasteiger partial charge in [0.2, 0.25) is 5.91 Å². The SMILES string of the molecule is CN1C=NC2SC(N3CCN4CCC3CC4)=CC2C1=O. The maximum atomic E-state index is 12.2. The highest BCUT2D eigenvalue weighted by atomic mass is 32.2. The van der Waals surface area contributed by atoms with Crippen LogP contribution >= 0.6 is 11.8 Å². The number of amides is 1. The number of aliphatic imine (C=N–C) groups is 1. The number of piperidine rings is 1. The van der Waals surface area contributed by atoms with Crippen LogP contribution in [0.15, 0.2) is 16.1 Å². The molecule has 5 nitrogen and oxygen atoms in total. The Morgan fingerprint density at radius 1 is 1.25 bits per heavy atom. The molecule has 5 heterocycles. The van der Waals surface area contributed by atoms with Gasteiger partial charge < -0.3 is 14.7 Å². The first kappa shape index (κ1) is 12.7. The molecule has 2 bridgehead atoms. The van der Waals surface area contributed by atoms with E-state index in [9.17, 15) is 4.79 Å². The largest absolute Gasteiger partial charge is 0.362 e. The van der Waals surface area contributed by atoms with Crippen molar-refractivity contribution in [1.82, 2.24) is 14.7 Å². The molecule has 0 aromatic rings. The third-order valence-electron chi connectivity index (χ3n) is 4.83. The summed E-state index contributed by atoms with van der Waals surface area (Å²) in [5.74, 6) is 0.112. The molecule has 0 N–H and O–H groups in total. The van der Waals surface area contributed by atoms with E-state index in [2.05, 4.69) is 20.9 Å². The fourth-order valence-corrected chi connectivity index (χ4v) is 4.89. The Kier molecular flexibility index (Phi) is 3.03. The third-order valence-corrected chi connectivity index (χ3v) is 6.10. The van der Waals surface area contributed by atoms with Crippen LogP contribution < -0.4 is 0 Å². The summed E-state index contributed by atoms with van der Waals surface area (Å²) in [7, 11) is 1.79. The molecule has 0 aromatic heterocycles. The molecule has 0 aromatic carbocycles. The van der Waals surface area contributed by atoms with Crippen LogP contribution in [0.4, 0.5) is 0 Å². The first-order chi connectivity index (χ1) is 9.72. The maximum absolute atomic E-state index is 12.2. The number of rotatable bonds is 1. The van der Waals surface area contributed by atoms with Crippen LogP contribution in [0, 0.1) is 5.92 Å². The van der Waals surface area contributed by atoms with E-state index in [1.165, 1.54) is 31.0 Å². The Labute approximate surface area is 123 Å². The highest BCUT2D eigenvalue weighted by Crippen LogP contribution is 2.43. The van der Waals surface area contributed by atoms with E-state index < -0.39 is 0 Å². The first-order valence-electron chi connectivity index (χ1n) is 7.40. The van der Waals surface area contributed by atoms with Gasteiger partial charge in [-0.25, -0.2) is 0 Å². The lowest BCUT2D eigenvalue weighted by atomic mass is 10.0. The molecule has 0 radical (unpaired) electrons. The van der Waals surface area contributed by atoms with Crippen molar-refractivity contribution in [1.29, 1.82) is 0 Å². The molecule has 2 unspecified atom stereocenters. The van der Waals surface area contributed by atoms with E-state index in [1.807, 2.05) is 0 Å². The van der Waals surface area contributed by atoms with Crippen LogP contribution in [0.25, 0.3) is 0 Å². The fourth-order valence-electron chi connectivity index (χ4n) is 3.59. The van der Waals surface area contributed by atoms with Gasteiger partial charge in [0.05, 0.1) is 17.3 Å². The lowest BCUT2D eigenvalue weighted by Crippen LogP contribution is -2.38. The summed E-state index contributed by atoms with van der Waals surface area (Å²) < 4.78 is 0. The minimum absolute atomic E-state index is 0.0641. The van der Waals surface area contributed by atoms with Gasteiger partial charge in [-0.2, -0.15) is 0 Å². The average molecular weight is 292 g/mol. The maximum Gasteiger partial charge on any atom is 0.237 e. The summed E-state index contributed by atoms with van der Waals surface area (Å²) in [6, 6.07) is 0.657. The molecule has 5 rings (SSSR count). The molecule has 0 spiro atoms. The second-order valence-corrected chi connectivity index (χ2v) is 7.16. The number of carbonyl (C=O) groups excluding carboxylic acids is 1. The zero-order valence-electron chi connectivity index (χ0n) is 11.7. The van der Waals surface area contributed by atoms with Crippen LogP contribution in [-0.4, -0.2) is 71.6 Å². The van der Waals surface area contributed by atoms with Crippen LogP contribution in [0.2, 0.25) is 0 Å². The standard InChI is InChI=1S/C14H20N4OS/c1-16-9-15-13-11(14(16)19)8-12(20-13)18-7-6-17-4-2-10(18)3-5-17/h8-11,13H,2-7H2,1H3. The van der Waals surface area contributed by atoms with Crippen molar-refractivity contribution in [3.05, 3.63) is 11.1 Å². The lowest BCUT2D eigenvalue weighted by molar-refractivity contribution is -0.129. The number of hydrogen-bond acceptors (Lipinski definition) is 5.